The first kappa shape index (κ1) is 17.2. The molecule has 1 amide bonds. The van der Waals surface area contributed by atoms with Crippen molar-refractivity contribution in [2.75, 3.05) is 7.11 Å². The number of Topliss-reactive ketones (excluding diaryl/α,β-unsaturated/α-hetero) is 1. The smallest absolute Gasteiger partial charge is 0.293 e. The van der Waals surface area contributed by atoms with Gasteiger partial charge in [-0.1, -0.05) is 0 Å². The van der Waals surface area contributed by atoms with Crippen LogP contribution in [0.5, 0.6) is 5.75 Å². The highest BCUT2D eigenvalue weighted by molar-refractivity contribution is 6.46. The Hall–Kier alpha value is -3.68. The summed E-state index contributed by atoms with van der Waals surface area (Å²) in [7, 11) is 1.50. The van der Waals surface area contributed by atoms with E-state index in [1.54, 1.807) is 24.3 Å². The van der Waals surface area contributed by atoms with E-state index in [1.807, 2.05) is 0 Å². The number of nitrogens with zero attached hydrogens (tertiary/aromatic N) is 1. The van der Waals surface area contributed by atoms with Crippen molar-refractivity contribution in [2.24, 2.45) is 0 Å². The molecule has 0 aromatic heterocycles. The third-order valence-corrected chi connectivity index (χ3v) is 4.07. The van der Waals surface area contributed by atoms with Gasteiger partial charge in [-0.05, 0) is 42.0 Å². The van der Waals surface area contributed by atoms with Crippen LogP contribution in [0.1, 0.15) is 17.2 Å². The molecule has 1 heterocycles. The van der Waals surface area contributed by atoms with E-state index in [4.69, 9.17) is 4.74 Å². The second-order valence-corrected chi connectivity index (χ2v) is 5.58. The van der Waals surface area contributed by atoms with Crippen LogP contribution >= 0.6 is 0 Å². The summed E-state index contributed by atoms with van der Waals surface area (Å²) < 4.78 is 5.05. The second kappa shape index (κ2) is 6.67. The fourth-order valence-electron chi connectivity index (χ4n) is 2.71. The Morgan fingerprint density at radius 1 is 1.12 bits per heavy atom. The normalized spacial score (nSPS) is 18.4. The van der Waals surface area contributed by atoms with Gasteiger partial charge in [-0.15, -0.1) is 0 Å². The molecule has 2 N–H and O–H groups in total. The standard InChI is InChI=1S/C18H14N2O6/c1-26-13-8-4-11(5-9-13)16(21)14-15(19-18(23)17(14)22)10-2-6-12(7-3-10)20(24)25/h2-9,15,21H,1H3,(H,19,23)/b16-14-. The Labute approximate surface area is 147 Å². The van der Waals surface area contributed by atoms with Gasteiger partial charge in [-0.3, -0.25) is 19.7 Å². The van der Waals surface area contributed by atoms with Gasteiger partial charge >= 0.3 is 0 Å². The molecule has 1 aliphatic heterocycles. The predicted molar refractivity (Wildman–Crippen MR) is 91.5 cm³/mol. The summed E-state index contributed by atoms with van der Waals surface area (Å²) in [5.41, 5.74) is 0.575. The first-order chi connectivity index (χ1) is 12.4. The maximum absolute atomic E-state index is 12.2. The number of nitrogens with one attached hydrogen (secondary N) is 1. The summed E-state index contributed by atoms with van der Waals surface area (Å²) in [4.78, 5) is 34.3. The number of amides is 1. The molecule has 0 saturated carbocycles. The van der Waals surface area contributed by atoms with Gasteiger partial charge in [0, 0.05) is 17.7 Å². The number of carbonyl (C=O) groups is 2. The molecule has 1 aliphatic rings. The SMILES string of the molecule is COc1ccc(/C(O)=C2/C(=O)C(=O)NC2c2ccc([N+](=O)[O-])cc2)cc1. The molecule has 2 aromatic rings. The number of carbonyl (C=O) groups excluding carboxylic acids is 2. The van der Waals surface area contributed by atoms with Gasteiger partial charge < -0.3 is 15.2 Å². The van der Waals surface area contributed by atoms with Crippen molar-refractivity contribution in [1.29, 1.82) is 0 Å². The fourth-order valence-corrected chi connectivity index (χ4v) is 2.71. The zero-order chi connectivity index (χ0) is 18.8. The Morgan fingerprint density at radius 2 is 1.73 bits per heavy atom. The van der Waals surface area contributed by atoms with Crippen molar-refractivity contribution in [2.45, 2.75) is 6.04 Å². The van der Waals surface area contributed by atoms with Crippen LogP contribution < -0.4 is 10.1 Å². The molecular formula is C18H14N2O6. The summed E-state index contributed by atoms with van der Waals surface area (Å²) >= 11 is 0. The number of benzene rings is 2. The zero-order valence-electron chi connectivity index (χ0n) is 13.6. The highest BCUT2D eigenvalue weighted by atomic mass is 16.6. The third-order valence-electron chi connectivity index (χ3n) is 4.07. The van der Waals surface area contributed by atoms with Crippen molar-refractivity contribution < 1.29 is 24.4 Å². The van der Waals surface area contributed by atoms with Gasteiger partial charge in [0.1, 0.15) is 11.5 Å². The number of aliphatic hydroxyl groups is 1. The number of hydrogen-bond acceptors (Lipinski definition) is 6. The minimum atomic E-state index is -0.891. The molecule has 0 aliphatic carbocycles. The van der Waals surface area contributed by atoms with E-state index >= 15 is 0 Å². The monoisotopic (exact) mass is 354 g/mol. The molecule has 2 aromatic carbocycles. The van der Waals surface area contributed by atoms with Gasteiger partial charge in [-0.2, -0.15) is 0 Å². The van der Waals surface area contributed by atoms with E-state index < -0.39 is 22.7 Å². The van der Waals surface area contributed by atoms with Crippen molar-refractivity contribution in [3.8, 4) is 5.75 Å². The van der Waals surface area contributed by atoms with E-state index in [1.165, 1.54) is 31.4 Å². The molecule has 3 rings (SSSR count). The molecule has 0 radical (unpaired) electrons. The highest BCUT2D eigenvalue weighted by Gasteiger charge is 2.39. The van der Waals surface area contributed by atoms with Crippen LogP contribution in [0.3, 0.4) is 0 Å². The Balaban J connectivity index is 2.04. The van der Waals surface area contributed by atoms with Crippen molar-refractivity contribution in [3.05, 3.63) is 75.3 Å². The molecule has 26 heavy (non-hydrogen) atoms. The zero-order valence-corrected chi connectivity index (χ0v) is 13.6. The number of hydrogen-bond donors (Lipinski definition) is 2. The molecule has 8 heteroatoms. The maximum Gasteiger partial charge on any atom is 0.293 e. The molecular weight excluding hydrogens is 340 g/mol. The van der Waals surface area contributed by atoms with E-state index in [2.05, 4.69) is 5.32 Å². The van der Waals surface area contributed by atoms with E-state index in [0.717, 1.165) is 0 Å². The molecule has 0 bridgehead atoms. The molecule has 8 nitrogen and oxygen atoms in total. The first-order valence-electron chi connectivity index (χ1n) is 7.59. The van der Waals surface area contributed by atoms with Gasteiger partial charge in [0.05, 0.1) is 23.6 Å². The van der Waals surface area contributed by atoms with Gasteiger partial charge in [0.15, 0.2) is 0 Å². The molecule has 1 saturated heterocycles. The topological polar surface area (TPSA) is 119 Å². The van der Waals surface area contributed by atoms with Crippen LogP contribution in [0.2, 0.25) is 0 Å². The van der Waals surface area contributed by atoms with Crippen LogP contribution in [-0.2, 0) is 9.59 Å². The van der Waals surface area contributed by atoms with Gasteiger partial charge in [0.25, 0.3) is 17.4 Å². The quantitative estimate of drug-likeness (QED) is 0.286. The summed E-state index contributed by atoms with van der Waals surface area (Å²) in [6, 6.07) is 10.9. The number of nitro groups is 1. The summed E-state index contributed by atoms with van der Waals surface area (Å²) in [5.74, 6) is -1.45. The van der Waals surface area contributed by atoms with Crippen LogP contribution in [0.25, 0.3) is 5.76 Å². The van der Waals surface area contributed by atoms with Gasteiger partial charge in [0.2, 0.25) is 0 Å². The van der Waals surface area contributed by atoms with Crippen LogP contribution in [0.15, 0.2) is 54.1 Å². The molecule has 132 valence electrons. The van der Waals surface area contributed by atoms with Crippen LogP contribution in [0, 0.1) is 10.1 Å². The Morgan fingerprint density at radius 3 is 2.27 bits per heavy atom. The maximum atomic E-state index is 12.2. The molecule has 1 atom stereocenters. The average molecular weight is 354 g/mol. The van der Waals surface area contributed by atoms with Crippen molar-refractivity contribution >= 4 is 23.1 Å². The van der Waals surface area contributed by atoms with E-state index in [9.17, 15) is 24.8 Å². The lowest BCUT2D eigenvalue weighted by atomic mass is 9.95. The van der Waals surface area contributed by atoms with E-state index in [0.29, 0.717) is 16.9 Å². The third kappa shape index (κ3) is 3.00. The molecule has 1 fully saturated rings. The summed E-state index contributed by atoms with van der Waals surface area (Å²) in [6.45, 7) is 0. The Bertz CT molecular complexity index is 916. The number of aliphatic hydroxyl groups excluding tert-OH is 1. The number of non-ortho nitro benzene ring substituents is 1. The lowest BCUT2D eigenvalue weighted by Gasteiger charge is -2.13. The van der Waals surface area contributed by atoms with Crippen LogP contribution in [-0.4, -0.2) is 28.8 Å². The summed E-state index contributed by atoms with van der Waals surface area (Å²) in [6.07, 6.45) is 0. The minimum absolute atomic E-state index is 0.103. The number of rotatable bonds is 4. The largest absolute Gasteiger partial charge is 0.507 e. The number of ketones is 1. The Kier molecular flexibility index (Phi) is 4.40. The molecule has 1 unspecified atom stereocenters. The lowest BCUT2D eigenvalue weighted by molar-refractivity contribution is -0.384. The number of nitro benzene ring substituents is 1. The number of ether oxygens (including phenoxy) is 1. The van der Waals surface area contributed by atoms with Crippen molar-refractivity contribution in [3.63, 3.8) is 0 Å². The highest BCUT2D eigenvalue weighted by Crippen LogP contribution is 2.33. The van der Waals surface area contributed by atoms with Gasteiger partial charge in [-0.25, -0.2) is 0 Å². The number of methoxy groups -OCH3 is 1. The first-order valence-corrected chi connectivity index (χ1v) is 7.59. The average Bonchev–Trinajstić information content (AvgIpc) is 2.96. The van der Waals surface area contributed by atoms with Crippen LogP contribution in [0.4, 0.5) is 5.69 Å². The van der Waals surface area contributed by atoms with Crippen molar-refractivity contribution in [1.82, 2.24) is 5.32 Å². The summed E-state index contributed by atoms with van der Waals surface area (Å²) in [5, 5.41) is 23.8. The second-order valence-electron chi connectivity index (χ2n) is 5.58. The fraction of sp³-hybridized carbons (Fsp3) is 0.111. The van der Waals surface area contributed by atoms with E-state index in [-0.39, 0.29) is 17.0 Å². The minimum Gasteiger partial charge on any atom is -0.507 e. The molecule has 0 spiro atoms. The lowest BCUT2D eigenvalue weighted by Crippen LogP contribution is -2.21. The predicted octanol–water partition coefficient (Wildman–Crippen LogP) is 2.31.